The van der Waals surface area contributed by atoms with Gasteiger partial charge in [-0.05, 0) is 24.6 Å². The van der Waals surface area contributed by atoms with Crippen molar-refractivity contribution in [2.45, 2.75) is 24.2 Å². The van der Waals surface area contributed by atoms with Crippen LogP contribution in [0.4, 0.5) is 0 Å². The standard InChI is InChI=1S/C22H19NO4S/c1-16-12-14-19(15-13-16)28(25,26)23-21(24)20(17-8-4-2-5-9-17)27-22(23)18-10-6-3-7-11-18/h2-15,20,22H,1H3/t20-,22+/m1/s1. The highest BCUT2D eigenvalue weighted by molar-refractivity contribution is 7.89. The lowest BCUT2D eigenvalue weighted by Gasteiger charge is -2.23. The van der Waals surface area contributed by atoms with Crippen LogP contribution in [0, 0.1) is 6.92 Å². The van der Waals surface area contributed by atoms with Gasteiger partial charge in [-0.3, -0.25) is 4.79 Å². The fourth-order valence-electron chi connectivity index (χ4n) is 3.22. The zero-order valence-electron chi connectivity index (χ0n) is 15.2. The van der Waals surface area contributed by atoms with Gasteiger partial charge in [0.05, 0.1) is 4.90 Å². The summed E-state index contributed by atoms with van der Waals surface area (Å²) in [5, 5.41) is 0. The summed E-state index contributed by atoms with van der Waals surface area (Å²) in [5.74, 6) is -0.597. The molecule has 1 heterocycles. The monoisotopic (exact) mass is 393 g/mol. The number of benzene rings is 3. The summed E-state index contributed by atoms with van der Waals surface area (Å²) in [7, 11) is -4.08. The molecule has 1 aliphatic heterocycles. The van der Waals surface area contributed by atoms with Crippen LogP contribution in [-0.4, -0.2) is 18.6 Å². The normalized spacial score (nSPS) is 19.8. The second-order valence-electron chi connectivity index (χ2n) is 6.64. The minimum atomic E-state index is -4.08. The van der Waals surface area contributed by atoms with E-state index in [1.54, 1.807) is 60.7 Å². The minimum Gasteiger partial charge on any atom is -0.335 e. The molecular formula is C22H19NO4S. The van der Waals surface area contributed by atoms with Crippen molar-refractivity contribution in [2.75, 3.05) is 0 Å². The molecule has 1 saturated heterocycles. The van der Waals surface area contributed by atoms with E-state index in [9.17, 15) is 13.2 Å². The van der Waals surface area contributed by atoms with E-state index in [1.807, 2.05) is 19.1 Å². The van der Waals surface area contributed by atoms with Crippen molar-refractivity contribution in [3.05, 3.63) is 102 Å². The van der Waals surface area contributed by atoms with Crippen molar-refractivity contribution in [2.24, 2.45) is 0 Å². The zero-order valence-corrected chi connectivity index (χ0v) is 16.0. The van der Waals surface area contributed by atoms with E-state index in [-0.39, 0.29) is 4.90 Å². The third-order valence-electron chi connectivity index (χ3n) is 4.68. The summed E-state index contributed by atoms with van der Waals surface area (Å²) in [6, 6.07) is 24.3. The SMILES string of the molecule is Cc1ccc(S(=O)(=O)N2C(=O)[C@@H](c3ccccc3)O[C@H]2c2ccccc2)cc1. The predicted octanol–water partition coefficient (Wildman–Crippen LogP) is 3.98. The molecule has 2 atom stereocenters. The molecule has 1 amide bonds. The van der Waals surface area contributed by atoms with E-state index >= 15 is 0 Å². The van der Waals surface area contributed by atoms with Crippen LogP contribution in [0.1, 0.15) is 29.0 Å². The molecule has 28 heavy (non-hydrogen) atoms. The van der Waals surface area contributed by atoms with Crippen LogP contribution in [-0.2, 0) is 19.6 Å². The quantitative estimate of drug-likeness (QED) is 0.673. The highest BCUT2D eigenvalue weighted by Gasteiger charge is 2.48. The van der Waals surface area contributed by atoms with Gasteiger partial charge in [0.15, 0.2) is 12.3 Å². The average molecular weight is 393 g/mol. The van der Waals surface area contributed by atoms with E-state index in [0.29, 0.717) is 11.1 Å². The Labute approximate surface area is 164 Å². The van der Waals surface area contributed by atoms with Crippen LogP contribution < -0.4 is 0 Å². The van der Waals surface area contributed by atoms with E-state index in [4.69, 9.17) is 4.74 Å². The second kappa shape index (κ2) is 7.22. The molecule has 142 valence electrons. The van der Waals surface area contributed by atoms with E-state index in [2.05, 4.69) is 0 Å². The number of hydrogen-bond donors (Lipinski definition) is 0. The summed E-state index contributed by atoms with van der Waals surface area (Å²) in [4.78, 5) is 13.3. The molecular weight excluding hydrogens is 374 g/mol. The summed E-state index contributed by atoms with van der Waals surface area (Å²) in [6.07, 6.45) is -2.00. The molecule has 0 aromatic heterocycles. The lowest BCUT2D eigenvalue weighted by atomic mass is 10.1. The Morgan fingerprint density at radius 2 is 1.32 bits per heavy atom. The van der Waals surface area contributed by atoms with Crippen LogP contribution in [0.5, 0.6) is 0 Å². The molecule has 0 bridgehead atoms. The Morgan fingerprint density at radius 3 is 1.89 bits per heavy atom. The number of rotatable bonds is 4. The molecule has 3 aromatic rings. The average Bonchev–Trinajstić information content (AvgIpc) is 3.07. The highest BCUT2D eigenvalue weighted by atomic mass is 32.2. The summed E-state index contributed by atoms with van der Waals surface area (Å²) in [5.41, 5.74) is 2.16. The fourth-order valence-corrected chi connectivity index (χ4v) is 4.69. The first kappa shape index (κ1) is 18.4. The number of sulfonamides is 1. The molecule has 0 unspecified atom stereocenters. The van der Waals surface area contributed by atoms with E-state index in [0.717, 1.165) is 9.87 Å². The maximum absolute atomic E-state index is 13.3. The molecule has 1 aliphatic rings. The topological polar surface area (TPSA) is 63.7 Å². The Bertz CT molecular complexity index is 1080. The van der Waals surface area contributed by atoms with Crippen LogP contribution in [0.2, 0.25) is 0 Å². The number of ether oxygens (including phenoxy) is 1. The van der Waals surface area contributed by atoms with Gasteiger partial charge in [0, 0.05) is 5.56 Å². The first-order valence-corrected chi connectivity index (χ1v) is 10.3. The van der Waals surface area contributed by atoms with Gasteiger partial charge in [-0.25, -0.2) is 12.7 Å². The number of aryl methyl sites for hydroxylation is 1. The Kier molecular flexibility index (Phi) is 4.75. The zero-order chi connectivity index (χ0) is 19.7. The Balaban J connectivity index is 1.81. The number of hydrogen-bond acceptors (Lipinski definition) is 4. The van der Waals surface area contributed by atoms with Crippen molar-refractivity contribution < 1.29 is 17.9 Å². The van der Waals surface area contributed by atoms with Gasteiger partial charge in [0.1, 0.15) is 0 Å². The number of carbonyl (C=O) groups excluding carboxylic acids is 1. The molecule has 3 aromatic carbocycles. The van der Waals surface area contributed by atoms with Crippen LogP contribution in [0.15, 0.2) is 89.8 Å². The van der Waals surface area contributed by atoms with E-state index in [1.165, 1.54) is 12.1 Å². The first-order valence-electron chi connectivity index (χ1n) is 8.89. The molecule has 6 heteroatoms. The maximum Gasteiger partial charge on any atom is 0.272 e. The molecule has 0 spiro atoms. The number of amides is 1. The molecule has 5 nitrogen and oxygen atoms in total. The second-order valence-corrected chi connectivity index (χ2v) is 8.46. The van der Waals surface area contributed by atoms with Crippen molar-refractivity contribution in [1.29, 1.82) is 0 Å². The molecule has 4 rings (SSSR count). The molecule has 0 saturated carbocycles. The minimum absolute atomic E-state index is 0.0599. The predicted molar refractivity (Wildman–Crippen MR) is 105 cm³/mol. The van der Waals surface area contributed by atoms with Crippen molar-refractivity contribution in [3.63, 3.8) is 0 Å². The third-order valence-corrected chi connectivity index (χ3v) is 6.44. The summed E-state index contributed by atoms with van der Waals surface area (Å²) in [6.45, 7) is 1.87. The van der Waals surface area contributed by atoms with Gasteiger partial charge < -0.3 is 4.74 Å². The highest BCUT2D eigenvalue weighted by Crippen LogP contribution is 2.42. The van der Waals surface area contributed by atoms with Crippen molar-refractivity contribution >= 4 is 15.9 Å². The lowest BCUT2D eigenvalue weighted by Crippen LogP contribution is -2.35. The van der Waals surface area contributed by atoms with Crippen LogP contribution in [0.3, 0.4) is 0 Å². The van der Waals surface area contributed by atoms with Gasteiger partial charge in [-0.2, -0.15) is 0 Å². The Hall–Kier alpha value is -2.96. The molecule has 0 radical (unpaired) electrons. The lowest BCUT2D eigenvalue weighted by molar-refractivity contribution is -0.127. The van der Waals surface area contributed by atoms with Gasteiger partial charge in [-0.15, -0.1) is 0 Å². The third kappa shape index (κ3) is 3.21. The smallest absolute Gasteiger partial charge is 0.272 e. The molecule has 0 aliphatic carbocycles. The van der Waals surface area contributed by atoms with Gasteiger partial charge >= 0.3 is 0 Å². The van der Waals surface area contributed by atoms with Crippen molar-refractivity contribution in [3.8, 4) is 0 Å². The van der Waals surface area contributed by atoms with E-state index < -0.39 is 28.3 Å². The van der Waals surface area contributed by atoms with Crippen molar-refractivity contribution in [1.82, 2.24) is 4.31 Å². The van der Waals surface area contributed by atoms with Gasteiger partial charge in [0.25, 0.3) is 15.9 Å². The molecule has 1 fully saturated rings. The summed E-state index contributed by atoms with van der Waals surface area (Å²) >= 11 is 0. The number of nitrogens with zero attached hydrogens (tertiary/aromatic N) is 1. The number of carbonyl (C=O) groups is 1. The maximum atomic E-state index is 13.3. The fraction of sp³-hybridized carbons (Fsp3) is 0.136. The van der Waals surface area contributed by atoms with Gasteiger partial charge in [0.2, 0.25) is 0 Å². The first-order chi connectivity index (χ1) is 13.5. The summed E-state index contributed by atoms with van der Waals surface area (Å²) < 4.78 is 33.5. The van der Waals surface area contributed by atoms with Crippen LogP contribution >= 0.6 is 0 Å². The van der Waals surface area contributed by atoms with Gasteiger partial charge in [-0.1, -0.05) is 78.4 Å². The van der Waals surface area contributed by atoms with Crippen LogP contribution in [0.25, 0.3) is 0 Å². The largest absolute Gasteiger partial charge is 0.335 e. The molecule has 0 N–H and O–H groups in total. The Morgan fingerprint density at radius 1 is 0.786 bits per heavy atom.